The largest absolute Gasteiger partial charge is 0.324 e. The van der Waals surface area contributed by atoms with Crippen LogP contribution in [0, 0.1) is 5.82 Å². The van der Waals surface area contributed by atoms with E-state index in [1.165, 1.54) is 24.3 Å². The van der Waals surface area contributed by atoms with Crippen molar-refractivity contribution in [3.8, 4) is 0 Å². The van der Waals surface area contributed by atoms with Crippen molar-refractivity contribution in [2.75, 3.05) is 5.32 Å². The van der Waals surface area contributed by atoms with E-state index in [4.69, 9.17) is 0 Å². The summed E-state index contributed by atoms with van der Waals surface area (Å²) < 4.78 is 13.0. The maximum atomic E-state index is 13.0. The van der Waals surface area contributed by atoms with Gasteiger partial charge in [0.15, 0.2) is 0 Å². The van der Waals surface area contributed by atoms with Crippen LogP contribution in [0.15, 0.2) is 79.1 Å². The first-order chi connectivity index (χ1) is 12.2. The average molecular weight is 335 g/mol. The molecule has 1 atom stereocenters. The van der Waals surface area contributed by atoms with Gasteiger partial charge in [-0.2, -0.15) is 0 Å². The second-order valence-corrected chi connectivity index (χ2v) is 5.58. The average Bonchev–Trinajstić information content (AvgIpc) is 2.65. The van der Waals surface area contributed by atoms with Gasteiger partial charge in [0.2, 0.25) is 5.91 Å². The van der Waals surface area contributed by atoms with Crippen LogP contribution in [0.4, 0.5) is 10.1 Å². The molecule has 0 aliphatic carbocycles. The normalized spacial score (nSPS) is 11.7. The molecule has 3 rings (SSSR count). The zero-order chi connectivity index (χ0) is 17.5. The topological polar surface area (TPSA) is 54.0 Å². The summed E-state index contributed by atoms with van der Waals surface area (Å²) in [5.74, 6) is -0.547. The van der Waals surface area contributed by atoms with Gasteiger partial charge in [0.1, 0.15) is 11.9 Å². The smallest absolute Gasteiger partial charge is 0.246 e. The lowest BCUT2D eigenvalue weighted by Gasteiger charge is -2.19. The molecule has 1 amide bonds. The molecule has 0 saturated carbocycles. The summed E-state index contributed by atoms with van der Waals surface area (Å²) >= 11 is 0. The summed E-state index contributed by atoms with van der Waals surface area (Å²) in [5, 5.41) is 6.08. The zero-order valence-corrected chi connectivity index (χ0v) is 13.5. The summed E-state index contributed by atoms with van der Waals surface area (Å²) in [5.41, 5.74) is 2.39. The number of pyridine rings is 1. The maximum absolute atomic E-state index is 13.0. The van der Waals surface area contributed by atoms with Crippen molar-refractivity contribution >= 4 is 11.6 Å². The number of carbonyl (C=O) groups is 1. The lowest BCUT2D eigenvalue weighted by molar-refractivity contribution is -0.118. The molecule has 1 aromatic heterocycles. The highest BCUT2D eigenvalue weighted by Gasteiger charge is 2.20. The SMILES string of the molecule is O=C(Nc1ccc(F)cc1)C(NCc1cccnc1)c1ccccc1. The van der Waals surface area contributed by atoms with Crippen LogP contribution in [0.25, 0.3) is 0 Å². The molecule has 0 aliphatic rings. The minimum absolute atomic E-state index is 0.207. The summed E-state index contributed by atoms with van der Waals surface area (Å²) in [6.45, 7) is 0.504. The van der Waals surface area contributed by atoms with Crippen LogP contribution in [-0.4, -0.2) is 10.9 Å². The highest BCUT2D eigenvalue weighted by Crippen LogP contribution is 2.17. The molecule has 1 unspecified atom stereocenters. The Balaban J connectivity index is 1.75. The predicted molar refractivity (Wildman–Crippen MR) is 95.3 cm³/mol. The molecule has 126 valence electrons. The Bertz CT molecular complexity index is 807. The molecule has 2 N–H and O–H groups in total. The number of hydrogen-bond donors (Lipinski definition) is 2. The number of rotatable bonds is 6. The number of amides is 1. The van der Waals surface area contributed by atoms with E-state index < -0.39 is 6.04 Å². The van der Waals surface area contributed by atoms with Gasteiger partial charge < -0.3 is 5.32 Å². The number of nitrogens with zero attached hydrogens (tertiary/aromatic N) is 1. The van der Waals surface area contributed by atoms with Crippen molar-refractivity contribution in [1.82, 2.24) is 10.3 Å². The second-order valence-electron chi connectivity index (χ2n) is 5.58. The van der Waals surface area contributed by atoms with E-state index in [0.717, 1.165) is 11.1 Å². The van der Waals surface area contributed by atoms with E-state index in [9.17, 15) is 9.18 Å². The fraction of sp³-hybridized carbons (Fsp3) is 0.100. The highest BCUT2D eigenvalue weighted by molar-refractivity contribution is 5.95. The minimum Gasteiger partial charge on any atom is -0.324 e. The molecule has 3 aromatic rings. The van der Waals surface area contributed by atoms with Crippen LogP contribution >= 0.6 is 0 Å². The van der Waals surface area contributed by atoms with E-state index in [1.54, 1.807) is 12.4 Å². The molecule has 0 spiro atoms. The molecule has 0 radical (unpaired) electrons. The third-order valence-corrected chi connectivity index (χ3v) is 3.74. The molecule has 1 heterocycles. The van der Waals surface area contributed by atoms with E-state index >= 15 is 0 Å². The van der Waals surface area contributed by atoms with Crippen LogP contribution in [-0.2, 0) is 11.3 Å². The molecule has 4 nitrogen and oxygen atoms in total. The predicted octanol–water partition coefficient (Wildman–Crippen LogP) is 3.69. The lowest BCUT2D eigenvalue weighted by Crippen LogP contribution is -2.32. The maximum Gasteiger partial charge on any atom is 0.246 e. The van der Waals surface area contributed by atoms with Crippen LogP contribution in [0.2, 0.25) is 0 Å². The summed E-state index contributed by atoms with van der Waals surface area (Å²) in [7, 11) is 0. The third-order valence-electron chi connectivity index (χ3n) is 3.74. The van der Waals surface area contributed by atoms with Crippen LogP contribution in [0.1, 0.15) is 17.2 Å². The third kappa shape index (κ3) is 4.71. The number of hydrogen-bond acceptors (Lipinski definition) is 3. The molecule has 0 fully saturated rings. The Kier molecular flexibility index (Phi) is 5.49. The number of nitrogens with one attached hydrogen (secondary N) is 2. The Morgan fingerprint density at radius 3 is 2.44 bits per heavy atom. The second kappa shape index (κ2) is 8.17. The number of benzene rings is 2. The first-order valence-corrected chi connectivity index (χ1v) is 7.96. The monoisotopic (exact) mass is 335 g/mol. The molecule has 2 aromatic carbocycles. The van der Waals surface area contributed by atoms with Gasteiger partial charge in [0.25, 0.3) is 0 Å². The molecular formula is C20H18FN3O. The van der Waals surface area contributed by atoms with Gasteiger partial charge in [0.05, 0.1) is 0 Å². The van der Waals surface area contributed by atoms with Crippen LogP contribution in [0.3, 0.4) is 0 Å². The molecule has 0 bridgehead atoms. The fourth-order valence-electron chi connectivity index (χ4n) is 2.48. The number of carbonyl (C=O) groups excluding carboxylic acids is 1. The van der Waals surface area contributed by atoms with Gasteiger partial charge in [-0.1, -0.05) is 36.4 Å². The van der Waals surface area contributed by atoms with E-state index in [2.05, 4.69) is 15.6 Å². The Labute approximate surface area is 145 Å². The van der Waals surface area contributed by atoms with Gasteiger partial charge in [0, 0.05) is 24.6 Å². The molecule has 0 aliphatic heterocycles. The Morgan fingerprint density at radius 2 is 1.76 bits per heavy atom. The number of halogens is 1. The fourth-order valence-corrected chi connectivity index (χ4v) is 2.48. The number of aromatic nitrogens is 1. The van der Waals surface area contributed by atoms with Gasteiger partial charge >= 0.3 is 0 Å². The van der Waals surface area contributed by atoms with Gasteiger partial charge in [-0.3, -0.25) is 15.1 Å². The first kappa shape index (κ1) is 16.8. The minimum atomic E-state index is -0.536. The van der Waals surface area contributed by atoms with Crippen molar-refractivity contribution in [3.63, 3.8) is 0 Å². The van der Waals surface area contributed by atoms with E-state index in [1.807, 2.05) is 42.5 Å². The van der Waals surface area contributed by atoms with Gasteiger partial charge in [-0.05, 0) is 41.5 Å². The van der Waals surface area contributed by atoms with Crippen molar-refractivity contribution in [2.24, 2.45) is 0 Å². The van der Waals surface area contributed by atoms with Crippen molar-refractivity contribution in [2.45, 2.75) is 12.6 Å². The van der Waals surface area contributed by atoms with Gasteiger partial charge in [-0.15, -0.1) is 0 Å². The summed E-state index contributed by atoms with van der Waals surface area (Å²) in [4.78, 5) is 16.8. The Hall–Kier alpha value is -3.05. The summed E-state index contributed by atoms with van der Waals surface area (Å²) in [6, 6.07) is 18.4. The molecule has 25 heavy (non-hydrogen) atoms. The highest BCUT2D eigenvalue weighted by atomic mass is 19.1. The van der Waals surface area contributed by atoms with Crippen LogP contribution in [0.5, 0.6) is 0 Å². The van der Waals surface area contributed by atoms with Gasteiger partial charge in [-0.25, -0.2) is 4.39 Å². The van der Waals surface area contributed by atoms with E-state index in [0.29, 0.717) is 12.2 Å². The molecule has 0 saturated heterocycles. The molecule has 5 heteroatoms. The van der Waals surface area contributed by atoms with E-state index in [-0.39, 0.29) is 11.7 Å². The molecular weight excluding hydrogens is 317 g/mol. The zero-order valence-electron chi connectivity index (χ0n) is 13.5. The standard InChI is InChI=1S/C20H18FN3O/c21-17-8-10-18(11-9-17)24-20(25)19(16-6-2-1-3-7-16)23-14-15-5-4-12-22-13-15/h1-13,19,23H,14H2,(H,24,25). The quantitative estimate of drug-likeness (QED) is 0.722. The van der Waals surface area contributed by atoms with Crippen molar-refractivity contribution in [1.29, 1.82) is 0 Å². The summed E-state index contributed by atoms with van der Waals surface area (Å²) in [6.07, 6.45) is 3.46. The Morgan fingerprint density at radius 1 is 1.00 bits per heavy atom. The first-order valence-electron chi connectivity index (χ1n) is 7.96. The van der Waals surface area contributed by atoms with Crippen molar-refractivity contribution < 1.29 is 9.18 Å². The van der Waals surface area contributed by atoms with Crippen LogP contribution < -0.4 is 10.6 Å². The lowest BCUT2D eigenvalue weighted by atomic mass is 10.1. The van der Waals surface area contributed by atoms with Crippen molar-refractivity contribution in [3.05, 3.63) is 96.1 Å². The number of anilines is 1.